The zero-order valence-corrected chi connectivity index (χ0v) is 13.3. The van der Waals surface area contributed by atoms with Crippen LogP contribution in [-0.4, -0.2) is 10.7 Å². The fourth-order valence-corrected chi connectivity index (χ4v) is 4.45. The molecule has 2 aliphatic rings. The molecule has 0 heterocycles. The van der Waals surface area contributed by atoms with E-state index in [1.807, 2.05) is 0 Å². The lowest BCUT2D eigenvalue weighted by Crippen LogP contribution is -2.50. The van der Waals surface area contributed by atoms with E-state index in [1.54, 1.807) is 0 Å². The van der Waals surface area contributed by atoms with E-state index >= 15 is 0 Å². The minimum Gasteiger partial charge on any atom is -0.388 e. The molecule has 2 aliphatic carbocycles. The Morgan fingerprint density at radius 3 is 1.90 bits per heavy atom. The van der Waals surface area contributed by atoms with Gasteiger partial charge in [-0.05, 0) is 50.4 Å². The summed E-state index contributed by atoms with van der Waals surface area (Å²) in [6, 6.07) is 2.59. The van der Waals surface area contributed by atoms with Crippen LogP contribution in [0, 0.1) is 28.6 Å². The Labute approximate surface area is 124 Å². The number of nitriles is 1. The van der Waals surface area contributed by atoms with Crippen LogP contribution in [0.15, 0.2) is 0 Å². The Morgan fingerprint density at radius 2 is 1.45 bits per heavy atom. The van der Waals surface area contributed by atoms with Gasteiger partial charge in [-0.25, -0.2) is 0 Å². The minimum atomic E-state index is -0.718. The number of rotatable bonds is 2. The first kappa shape index (κ1) is 15.8. The highest BCUT2D eigenvalue weighted by Gasteiger charge is 2.51. The van der Waals surface area contributed by atoms with E-state index in [1.165, 1.54) is 19.3 Å². The molecule has 0 amide bonds. The lowest BCUT2D eigenvalue weighted by Gasteiger charge is -2.48. The Balaban J connectivity index is 2.11. The van der Waals surface area contributed by atoms with Crippen LogP contribution in [0.3, 0.4) is 0 Å². The molecule has 0 atom stereocenters. The molecule has 0 aliphatic heterocycles. The van der Waals surface area contributed by atoms with Crippen molar-refractivity contribution in [2.45, 2.75) is 90.1 Å². The average molecular weight is 277 g/mol. The zero-order chi connectivity index (χ0) is 14.6. The second-order valence-electron chi connectivity index (χ2n) is 7.57. The number of nitrogens with zero attached hydrogens (tertiary/aromatic N) is 1. The molecule has 0 aromatic carbocycles. The molecule has 0 saturated heterocycles. The zero-order valence-electron chi connectivity index (χ0n) is 13.3. The quantitative estimate of drug-likeness (QED) is 0.786. The van der Waals surface area contributed by atoms with Gasteiger partial charge in [0.25, 0.3) is 0 Å². The normalized spacial score (nSPS) is 35.0. The molecule has 0 unspecified atom stereocenters. The molecule has 2 heteroatoms. The molecule has 0 radical (unpaired) electrons. The first-order chi connectivity index (χ1) is 9.53. The number of aliphatic hydroxyl groups is 1. The van der Waals surface area contributed by atoms with Crippen LogP contribution < -0.4 is 0 Å². The second-order valence-corrected chi connectivity index (χ2v) is 7.57. The standard InChI is InChI=1S/C18H31NO/c1-15(2)16-8-12-18(20,13-9-16)17(14-19)10-6-4-3-5-7-11-17/h15-16,20H,3-13H2,1-2H3. The summed E-state index contributed by atoms with van der Waals surface area (Å²) < 4.78 is 0. The third-order valence-electron chi connectivity index (χ3n) is 6.11. The third kappa shape index (κ3) is 3.03. The number of hydrogen-bond donors (Lipinski definition) is 1. The Hall–Kier alpha value is -0.550. The minimum absolute atomic E-state index is 0.463. The maximum atomic E-state index is 11.2. The molecule has 1 N–H and O–H groups in total. The van der Waals surface area contributed by atoms with Gasteiger partial charge in [-0.2, -0.15) is 5.26 Å². The molecule has 2 fully saturated rings. The van der Waals surface area contributed by atoms with Crippen LogP contribution in [0.25, 0.3) is 0 Å². The molecule has 0 bridgehead atoms. The summed E-state index contributed by atoms with van der Waals surface area (Å²) in [5, 5.41) is 21.1. The van der Waals surface area contributed by atoms with Crippen LogP contribution in [0.2, 0.25) is 0 Å². The molecular weight excluding hydrogens is 246 g/mol. The molecule has 0 spiro atoms. The van der Waals surface area contributed by atoms with Gasteiger partial charge < -0.3 is 5.11 Å². The Kier molecular flexibility index (Phi) is 5.13. The predicted molar refractivity (Wildman–Crippen MR) is 82.1 cm³/mol. The van der Waals surface area contributed by atoms with Crippen LogP contribution in [0.5, 0.6) is 0 Å². The van der Waals surface area contributed by atoms with E-state index in [2.05, 4.69) is 19.9 Å². The predicted octanol–water partition coefficient (Wildman–Crippen LogP) is 4.82. The smallest absolute Gasteiger partial charge is 0.0860 e. The first-order valence-electron chi connectivity index (χ1n) is 8.67. The molecule has 114 valence electrons. The van der Waals surface area contributed by atoms with Crippen molar-refractivity contribution in [3.05, 3.63) is 0 Å². The average Bonchev–Trinajstić information content (AvgIpc) is 2.39. The van der Waals surface area contributed by atoms with Gasteiger partial charge in [-0.3, -0.25) is 0 Å². The fraction of sp³-hybridized carbons (Fsp3) is 0.944. The summed E-state index contributed by atoms with van der Waals surface area (Å²) >= 11 is 0. The van der Waals surface area contributed by atoms with E-state index in [4.69, 9.17) is 0 Å². The molecule has 2 saturated carbocycles. The van der Waals surface area contributed by atoms with Crippen molar-refractivity contribution in [1.29, 1.82) is 5.26 Å². The van der Waals surface area contributed by atoms with E-state index in [9.17, 15) is 10.4 Å². The van der Waals surface area contributed by atoms with Crippen molar-refractivity contribution in [2.75, 3.05) is 0 Å². The number of hydrogen-bond acceptors (Lipinski definition) is 2. The van der Waals surface area contributed by atoms with Crippen LogP contribution in [0.4, 0.5) is 0 Å². The molecular formula is C18H31NO. The van der Waals surface area contributed by atoms with Gasteiger partial charge >= 0.3 is 0 Å². The molecule has 0 aromatic heterocycles. The molecule has 20 heavy (non-hydrogen) atoms. The van der Waals surface area contributed by atoms with Crippen molar-refractivity contribution in [3.63, 3.8) is 0 Å². The van der Waals surface area contributed by atoms with Crippen molar-refractivity contribution >= 4 is 0 Å². The van der Waals surface area contributed by atoms with Gasteiger partial charge in [0.1, 0.15) is 0 Å². The van der Waals surface area contributed by atoms with Gasteiger partial charge in [-0.15, -0.1) is 0 Å². The fourth-order valence-electron chi connectivity index (χ4n) is 4.45. The third-order valence-corrected chi connectivity index (χ3v) is 6.11. The van der Waals surface area contributed by atoms with Crippen molar-refractivity contribution < 1.29 is 5.11 Å². The Morgan fingerprint density at radius 1 is 0.950 bits per heavy atom. The summed E-state index contributed by atoms with van der Waals surface area (Å²) in [7, 11) is 0. The van der Waals surface area contributed by atoms with Gasteiger partial charge in [-0.1, -0.05) is 46.0 Å². The highest BCUT2D eigenvalue weighted by atomic mass is 16.3. The second kappa shape index (κ2) is 6.48. The van der Waals surface area contributed by atoms with E-state index in [0.29, 0.717) is 5.92 Å². The maximum Gasteiger partial charge on any atom is 0.0860 e. The van der Waals surface area contributed by atoms with Gasteiger partial charge in [0.05, 0.1) is 17.1 Å². The molecule has 2 rings (SSSR count). The summed E-state index contributed by atoms with van der Waals surface area (Å²) in [6.07, 6.45) is 11.7. The van der Waals surface area contributed by atoms with Crippen molar-refractivity contribution in [1.82, 2.24) is 0 Å². The lowest BCUT2D eigenvalue weighted by atomic mass is 9.59. The van der Waals surface area contributed by atoms with Crippen molar-refractivity contribution in [2.24, 2.45) is 17.3 Å². The van der Waals surface area contributed by atoms with Gasteiger partial charge in [0.15, 0.2) is 0 Å². The van der Waals surface area contributed by atoms with Crippen LogP contribution >= 0.6 is 0 Å². The van der Waals surface area contributed by atoms with Gasteiger partial charge in [0, 0.05) is 0 Å². The van der Waals surface area contributed by atoms with Crippen LogP contribution in [-0.2, 0) is 0 Å². The lowest BCUT2D eigenvalue weighted by molar-refractivity contribution is -0.104. The topological polar surface area (TPSA) is 44.0 Å². The molecule has 2 nitrogen and oxygen atoms in total. The van der Waals surface area contributed by atoms with Crippen LogP contribution in [0.1, 0.15) is 84.5 Å². The van der Waals surface area contributed by atoms with E-state index in [-0.39, 0.29) is 0 Å². The van der Waals surface area contributed by atoms with Gasteiger partial charge in [0.2, 0.25) is 0 Å². The first-order valence-corrected chi connectivity index (χ1v) is 8.67. The summed E-state index contributed by atoms with van der Waals surface area (Å²) in [5.41, 5.74) is -1.18. The van der Waals surface area contributed by atoms with Crippen molar-refractivity contribution in [3.8, 4) is 6.07 Å². The monoisotopic (exact) mass is 277 g/mol. The largest absolute Gasteiger partial charge is 0.388 e. The highest BCUT2D eigenvalue weighted by molar-refractivity contribution is 5.12. The summed E-state index contributed by atoms with van der Waals surface area (Å²) in [5.74, 6) is 1.44. The SMILES string of the molecule is CC(C)C1CCC(O)(C2(C#N)CCCCCCC2)CC1. The summed E-state index contributed by atoms with van der Waals surface area (Å²) in [6.45, 7) is 4.57. The highest BCUT2D eigenvalue weighted by Crippen LogP contribution is 2.51. The maximum absolute atomic E-state index is 11.2. The Bertz CT molecular complexity index is 339. The molecule has 0 aromatic rings. The van der Waals surface area contributed by atoms with E-state index < -0.39 is 11.0 Å². The summed E-state index contributed by atoms with van der Waals surface area (Å²) in [4.78, 5) is 0. The van der Waals surface area contributed by atoms with E-state index in [0.717, 1.165) is 57.3 Å².